The molecule has 0 aromatic heterocycles. The molecule has 0 aliphatic rings. The number of halogens is 1. The summed E-state index contributed by atoms with van der Waals surface area (Å²) in [5.41, 5.74) is -1.03. The number of nitro groups is 1. The van der Waals surface area contributed by atoms with Crippen LogP contribution in [0.4, 0.5) is 5.69 Å². The van der Waals surface area contributed by atoms with E-state index in [2.05, 4.69) is 0 Å². The van der Waals surface area contributed by atoms with Crippen LogP contribution in [0.1, 0.15) is 20.3 Å². The predicted octanol–water partition coefficient (Wildman–Crippen LogP) is 2.79. The quantitative estimate of drug-likeness (QED) is 0.652. The molecule has 0 saturated heterocycles. The predicted molar refractivity (Wildman–Crippen MR) is 64.5 cm³/mol. The van der Waals surface area contributed by atoms with Crippen molar-refractivity contribution in [2.45, 2.75) is 25.9 Å². The Labute approximate surface area is 104 Å². The summed E-state index contributed by atoms with van der Waals surface area (Å²) in [6, 6.07) is 3.95. The van der Waals surface area contributed by atoms with Crippen LogP contribution in [0.15, 0.2) is 18.2 Å². The summed E-state index contributed by atoms with van der Waals surface area (Å²) < 4.78 is 5.32. The number of ether oxygens (including phenoxy) is 1. The van der Waals surface area contributed by atoms with Gasteiger partial charge in [0.05, 0.1) is 15.5 Å². The molecule has 1 atom stereocenters. The third kappa shape index (κ3) is 3.87. The lowest BCUT2D eigenvalue weighted by molar-refractivity contribution is -0.384. The largest absolute Gasteiger partial charge is 0.489 e. The van der Waals surface area contributed by atoms with E-state index in [1.807, 2.05) is 6.92 Å². The fourth-order valence-electron chi connectivity index (χ4n) is 1.06. The molecule has 1 N–H and O–H groups in total. The summed E-state index contributed by atoms with van der Waals surface area (Å²) >= 11 is 5.83. The fourth-order valence-corrected chi connectivity index (χ4v) is 1.28. The van der Waals surface area contributed by atoms with Crippen LogP contribution < -0.4 is 4.74 Å². The molecular formula is C11H14ClNO4. The van der Waals surface area contributed by atoms with Crippen molar-refractivity contribution in [1.82, 2.24) is 0 Å². The van der Waals surface area contributed by atoms with Gasteiger partial charge in [-0.3, -0.25) is 10.1 Å². The number of aliphatic hydroxyl groups is 1. The molecule has 17 heavy (non-hydrogen) atoms. The number of nitrogens with zero attached hydrogens (tertiary/aromatic N) is 1. The van der Waals surface area contributed by atoms with Gasteiger partial charge in [-0.05, 0) is 19.4 Å². The maximum atomic E-state index is 10.5. The molecule has 0 aliphatic carbocycles. The molecular weight excluding hydrogens is 246 g/mol. The Morgan fingerprint density at radius 1 is 1.59 bits per heavy atom. The Morgan fingerprint density at radius 2 is 2.24 bits per heavy atom. The first-order valence-electron chi connectivity index (χ1n) is 5.15. The zero-order chi connectivity index (χ0) is 13.1. The number of hydrogen-bond acceptors (Lipinski definition) is 4. The van der Waals surface area contributed by atoms with Crippen LogP contribution in [0.25, 0.3) is 0 Å². The molecule has 1 unspecified atom stereocenters. The minimum absolute atomic E-state index is 0.0844. The Bertz CT molecular complexity index is 420. The second-order valence-corrected chi connectivity index (χ2v) is 4.42. The monoisotopic (exact) mass is 259 g/mol. The SMILES string of the molecule is CCC(C)(O)COc1ccc([N+](=O)[O-])cc1Cl. The molecule has 6 heteroatoms. The number of nitro benzene ring substituents is 1. The lowest BCUT2D eigenvalue weighted by Crippen LogP contribution is -2.31. The van der Waals surface area contributed by atoms with E-state index in [4.69, 9.17) is 16.3 Å². The van der Waals surface area contributed by atoms with E-state index in [9.17, 15) is 15.2 Å². The van der Waals surface area contributed by atoms with E-state index in [1.54, 1.807) is 6.92 Å². The molecule has 0 radical (unpaired) electrons. The second kappa shape index (κ2) is 5.33. The third-order valence-electron chi connectivity index (χ3n) is 2.43. The first-order valence-corrected chi connectivity index (χ1v) is 5.52. The highest BCUT2D eigenvalue weighted by molar-refractivity contribution is 6.32. The molecule has 5 nitrogen and oxygen atoms in total. The Balaban J connectivity index is 2.77. The molecule has 1 aromatic carbocycles. The number of non-ortho nitro benzene ring substituents is 1. The van der Waals surface area contributed by atoms with E-state index in [-0.39, 0.29) is 17.3 Å². The van der Waals surface area contributed by atoms with Crippen LogP contribution in [0, 0.1) is 10.1 Å². The smallest absolute Gasteiger partial charge is 0.271 e. The van der Waals surface area contributed by atoms with Gasteiger partial charge in [0.25, 0.3) is 5.69 Å². The minimum Gasteiger partial charge on any atom is -0.489 e. The van der Waals surface area contributed by atoms with Crippen molar-refractivity contribution in [3.63, 3.8) is 0 Å². The first-order chi connectivity index (χ1) is 7.85. The molecule has 1 rings (SSSR count). The van der Waals surface area contributed by atoms with E-state index in [0.717, 1.165) is 0 Å². The molecule has 0 aliphatic heterocycles. The van der Waals surface area contributed by atoms with E-state index in [1.165, 1.54) is 18.2 Å². The molecule has 0 heterocycles. The van der Waals surface area contributed by atoms with Crippen molar-refractivity contribution in [2.75, 3.05) is 6.61 Å². The van der Waals surface area contributed by atoms with Gasteiger partial charge in [0.15, 0.2) is 0 Å². The summed E-state index contributed by atoms with van der Waals surface area (Å²) in [6.07, 6.45) is 0.539. The molecule has 0 saturated carbocycles. The van der Waals surface area contributed by atoms with Crippen molar-refractivity contribution >= 4 is 17.3 Å². The first kappa shape index (κ1) is 13.7. The third-order valence-corrected chi connectivity index (χ3v) is 2.72. The molecule has 0 amide bonds. The molecule has 94 valence electrons. The van der Waals surface area contributed by atoms with Gasteiger partial charge in [0.2, 0.25) is 0 Å². The van der Waals surface area contributed by atoms with Crippen LogP contribution in [0.3, 0.4) is 0 Å². The van der Waals surface area contributed by atoms with Gasteiger partial charge < -0.3 is 9.84 Å². The summed E-state index contributed by atoms with van der Waals surface area (Å²) in [4.78, 5) is 9.96. The Morgan fingerprint density at radius 3 is 2.71 bits per heavy atom. The van der Waals surface area contributed by atoms with E-state index in [0.29, 0.717) is 12.2 Å². The topological polar surface area (TPSA) is 72.6 Å². The summed E-state index contributed by atoms with van der Waals surface area (Å²) in [5, 5.41) is 20.4. The highest BCUT2D eigenvalue weighted by Crippen LogP contribution is 2.29. The zero-order valence-electron chi connectivity index (χ0n) is 9.64. The lowest BCUT2D eigenvalue weighted by atomic mass is 10.1. The van der Waals surface area contributed by atoms with E-state index >= 15 is 0 Å². The lowest BCUT2D eigenvalue weighted by Gasteiger charge is -2.21. The van der Waals surface area contributed by atoms with Gasteiger partial charge in [-0.15, -0.1) is 0 Å². The van der Waals surface area contributed by atoms with Crippen molar-refractivity contribution in [1.29, 1.82) is 0 Å². The van der Waals surface area contributed by atoms with Gasteiger partial charge in [0, 0.05) is 12.1 Å². The molecule has 0 spiro atoms. The summed E-state index contributed by atoms with van der Waals surface area (Å²) in [5.74, 6) is 0.325. The van der Waals surface area contributed by atoms with Crippen molar-refractivity contribution < 1.29 is 14.8 Å². The zero-order valence-corrected chi connectivity index (χ0v) is 10.4. The average molecular weight is 260 g/mol. The maximum Gasteiger partial charge on any atom is 0.271 e. The van der Waals surface area contributed by atoms with Crippen LogP contribution in [-0.4, -0.2) is 22.2 Å². The summed E-state index contributed by atoms with van der Waals surface area (Å²) in [6.45, 7) is 3.56. The maximum absolute atomic E-state index is 10.5. The second-order valence-electron chi connectivity index (χ2n) is 4.01. The molecule has 1 aromatic rings. The number of rotatable bonds is 5. The van der Waals surface area contributed by atoms with E-state index < -0.39 is 10.5 Å². The van der Waals surface area contributed by atoms with Gasteiger partial charge >= 0.3 is 0 Å². The van der Waals surface area contributed by atoms with Crippen LogP contribution in [0.5, 0.6) is 5.75 Å². The average Bonchev–Trinajstić information content (AvgIpc) is 2.27. The van der Waals surface area contributed by atoms with Crippen LogP contribution >= 0.6 is 11.6 Å². The van der Waals surface area contributed by atoms with Crippen LogP contribution in [0.2, 0.25) is 5.02 Å². The highest BCUT2D eigenvalue weighted by atomic mass is 35.5. The Hall–Kier alpha value is -1.33. The van der Waals surface area contributed by atoms with Crippen molar-refractivity contribution in [2.24, 2.45) is 0 Å². The normalized spacial score (nSPS) is 14.1. The van der Waals surface area contributed by atoms with Gasteiger partial charge in [0.1, 0.15) is 12.4 Å². The molecule has 0 fully saturated rings. The fraction of sp³-hybridized carbons (Fsp3) is 0.455. The standard InChI is InChI=1S/C11H14ClNO4/c1-3-11(2,14)7-17-10-5-4-8(13(15)16)6-9(10)12/h4-6,14H,3,7H2,1-2H3. The minimum atomic E-state index is -0.939. The summed E-state index contributed by atoms with van der Waals surface area (Å²) in [7, 11) is 0. The molecule has 0 bridgehead atoms. The van der Waals surface area contributed by atoms with Gasteiger partial charge in [-0.2, -0.15) is 0 Å². The van der Waals surface area contributed by atoms with Gasteiger partial charge in [-0.1, -0.05) is 18.5 Å². The van der Waals surface area contributed by atoms with Gasteiger partial charge in [-0.25, -0.2) is 0 Å². The van der Waals surface area contributed by atoms with Crippen molar-refractivity contribution in [3.8, 4) is 5.75 Å². The Kier molecular flexibility index (Phi) is 4.31. The number of benzene rings is 1. The van der Waals surface area contributed by atoms with Crippen molar-refractivity contribution in [3.05, 3.63) is 33.3 Å². The van der Waals surface area contributed by atoms with Crippen LogP contribution in [-0.2, 0) is 0 Å². The highest BCUT2D eigenvalue weighted by Gasteiger charge is 2.19. The number of hydrogen-bond donors (Lipinski definition) is 1.